The summed E-state index contributed by atoms with van der Waals surface area (Å²) >= 11 is 6.12. The molecule has 1 nitrogen and oxygen atoms in total. The average molecular weight is 237 g/mol. The van der Waals surface area contributed by atoms with Crippen LogP contribution in [-0.2, 0) is 0 Å². The molecule has 1 aromatic heterocycles. The fourth-order valence-corrected chi connectivity index (χ4v) is 2.30. The van der Waals surface area contributed by atoms with Crippen LogP contribution in [-0.4, -0.2) is 0 Å². The van der Waals surface area contributed by atoms with Crippen LogP contribution >= 0.6 is 11.6 Å². The molecule has 1 atom stereocenters. The second-order valence-corrected chi connectivity index (χ2v) is 4.75. The van der Waals surface area contributed by atoms with Crippen LogP contribution in [0.3, 0.4) is 0 Å². The van der Waals surface area contributed by atoms with Gasteiger partial charge in [0, 0.05) is 16.7 Å². The minimum atomic E-state index is 0.468. The van der Waals surface area contributed by atoms with Gasteiger partial charge < -0.3 is 4.42 Å². The van der Waals surface area contributed by atoms with Crippen molar-refractivity contribution >= 4 is 22.4 Å². The Kier molecular flexibility index (Phi) is 3.55. The Morgan fingerprint density at radius 3 is 2.88 bits per heavy atom. The number of hydrogen-bond donors (Lipinski definition) is 0. The number of benzene rings is 1. The molecule has 2 heteroatoms. The summed E-state index contributed by atoms with van der Waals surface area (Å²) in [5.41, 5.74) is 0. The third-order valence-electron chi connectivity index (χ3n) is 3.06. The highest BCUT2D eigenvalue weighted by Crippen LogP contribution is 2.33. The minimum Gasteiger partial charge on any atom is -0.468 e. The van der Waals surface area contributed by atoms with Crippen molar-refractivity contribution in [3.63, 3.8) is 0 Å². The van der Waals surface area contributed by atoms with Crippen molar-refractivity contribution in [2.75, 3.05) is 0 Å². The van der Waals surface area contributed by atoms with Gasteiger partial charge in [0.25, 0.3) is 0 Å². The zero-order valence-corrected chi connectivity index (χ0v) is 10.6. The first-order chi connectivity index (χ1) is 7.74. The van der Waals surface area contributed by atoms with Crippen LogP contribution in [0.2, 0.25) is 5.02 Å². The van der Waals surface area contributed by atoms with Gasteiger partial charge in [-0.05, 0) is 12.5 Å². The lowest BCUT2D eigenvalue weighted by Gasteiger charge is -2.07. The molecular formula is C14H17ClO. The van der Waals surface area contributed by atoms with Gasteiger partial charge in [-0.1, -0.05) is 50.4 Å². The fourth-order valence-electron chi connectivity index (χ4n) is 2.08. The monoisotopic (exact) mass is 236 g/mol. The molecule has 2 rings (SSSR count). The zero-order valence-electron chi connectivity index (χ0n) is 9.79. The summed E-state index contributed by atoms with van der Waals surface area (Å²) in [4.78, 5) is 0. The number of hydrogen-bond acceptors (Lipinski definition) is 1. The molecule has 1 heterocycles. The van der Waals surface area contributed by atoms with Crippen LogP contribution in [0, 0.1) is 0 Å². The van der Waals surface area contributed by atoms with E-state index in [9.17, 15) is 0 Å². The van der Waals surface area contributed by atoms with Gasteiger partial charge in [0.15, 0.2) is 0 Å². The normalized spacial score (nSPS) is 13.2. The highest BCUT2D eigenvalue weighted by Gasteiger charge is 2.14. The van der Waals surface area contributed by atoms with Crippen molar-refractivity contribution in [3.8, 4) is 0 Å². The Balaban J connectivity index is 2.34. The Morgan fingerprint density at radius 2 is 2.12 bits per heavy atom. The van der Waals surface area contributed by atoms with E-state index >= 15 is 0 Å². The maximum atomic E-state index is 6.12. The minimum absolute atomic E-state index is 0.468. The van der Waals surface area contributed by atoms with Crippen LogP contribution in [0.1, 0.15) is 44.8 Å². The summed E-state index contributed by atoms with van der Waals surface area (Å²) in [6.45, 7) is 4.43. The third-order valence-corrected chi connectivity index (χ3v) is 3.39. The summed E-state index contributed by atoms with van der Waals surface area (Å²) < 4.78 is 5.67. The molecule has 0 saturated carbocycles. The predicted molar refractivity (Wildman–Crippen MR) is 69.2 cm³/mol. The topological polar surface area (TPSA) is 13.1 Å². The van der Waals surface area contributed by atoms with E-state index in [4.69, 9.17) is 16.0 Å². The van der Waals surface area contributed by atoms with E-state index < -0.39 is 0 Å². The van der Waals surface area contributed by atoms with Gasteiger partial charge in [0.2, 0.25) is 0 Å². The van der Waals surface area contributed by atoms with Crippen LogP contribution in [0.5, 0.6) is 0 Å². The molecule has 0 saturated heterocycles. The van der Waals surface area contributed by atoms with Crippen LogP contribution in [0.4, 0.5) is 0 Å². The van der Waals surface area contributed by atoms with Crippen LogP contribution in [0.25, 0.3) is 10.8 Å². The van der Waals surface area contributed by atoms with E-state index in [1.807, 2.05) is 12.1 Å². The standard InChI is InChI=1S/C14H17ClO/c1-3-4-6-10(2)14-11-7-5-8-13(15)12(11)9-16-14/h5,7-10H,3-4,6H2,1-2H3. The SMILES string of the molecule is CCCCC(C)c1occ2c(Cl)cccc12. The van der Waals surface area contributed by atoms with Crippen molar-refractivity contribution in [1.29, 1.82) is 0 Å². The lowest BCUT2D eigenvalue weighted by atomic mass is 9.99. The first-order valence-corrected chi connectivity index (χ1v) is 6.27. The molecule has 0 aliphatic carbocycles. The van der Waals surface area contributed by atoms with Crippen LogP contribution < -0.4 is 0 Å². The van der Waals surface area contributed by atoms with Gasteiger partial charge in [0.05, 0.1) is 5.02 Å². The van der Waals surface area contributed by atoms with Crippen LogP contribution in [0.15, 0.2) is 28.9 Å². The highest BCUT2D eigenvalue weighted by atomic mass is 35.5. The van der Waals surface area contributed by atoms with Crippen molar-refractivity contribution in [2.45, 2.75) is 39.0 Å². The molecule has 0 aliphatic heterocycles. The Bertz CT molecular complexity index is 473. The van der Waals surface area contributed by atoms with Gasteiger partial charge in [-0.15, -0.1) is 0 Å². The number of rotatable bonds is 4. The molecule has 0 aliphatic rings. The number of furan rings is 1. The lowest BCUT2D eigenvalue weighted by molar-refractivity contribution is 0.459. The summed E-state index contributed by atoms with van der Waals surface area (Å²) in [7, 11) is 0. The molecule has 1 unspecified atom stereocenters. The van der Waals surface area contributed by atoms with E-state index in [1.54, 1.807) is 6.26 Å². The second-order valence-electron chi connectivity index (χ2n) is 4.34. The molecule has 1 aromatic carbocycles. The molecule has 0 bridgehead atoms. The van der Waals surface area contributed by atoms with E-state index in [2.05, 4.69) is 19.9 Å². The maximum absolute atomic E-state index is 6.12. The molecule has 0 fully saturated rings. The third kappa shape index (κ3) is 2.10. The molecule has 16 heavy (non-hydrogen) atoms. The fraction of sp³-hybridized carbons (Fsp3) is 0.429. The summed E-state index contributed by atoms with van der Waals surface area (Å²) in [5, 5.41) is 2.97. The molecule has 0 spiro atoms. The van der Waals surface area contributed by atoms with Crippen molar-refractivity contribution in [1.82, 2.24) is 0 Å². The Labute approximate surface area is 101 Å². The van der Waals surface area contributed by atoms with E-state index in [0.29, 0.717) is 5.92 Å². The Hall–Kier alpha value is -0.950. The zero-order chi connectivity index (χ0) is 11.5. The maximum Gasteiger partial charge on any atom is 0.114 e. The predicted octanol–water partition coefficient (Wildman–Crippen LogP) is 5.38. The van der Waals surface area contributed by atoms with E-state index in [1.165, 1.54) is 19.3 Å². The first kappa shape index (κ1) is 11.5. The van der Waals surface area contributed by atoms with Gasteiger partial charge in [-0.25, -0.2) is 0 Å². The summed E-state index contributed by atoms with van der Waals surface area (Å²) in [6, 6.07) is 5.97. The molecule has 86 valence electrons. The van der Waals surface area contributed by atoms with Crippen molar-refractivity contribution < 1.29 is 4.42 Å². The van der Waals surface area contributed by atoms with E-state index in [-0.39, 0.29) is 0 Å². The molecule has 2 aromatic rings. The number of unbranched alkanes of at least 4 members (excludes halogenated alkanes) is 1. The number of fused-ring (bicyclic) bond motifs is 1. The van der Waals surface area contributed by atoms with Gasteiger partial charge in [-0.2, -0.15) is 0 Å². The molecule has 0 N–H and O–H groups in total. The van der Waals surface area contributed by atoms with Crippen molar-refractivity contribution in [2.24, 2.45) is 0 Å². The number of halogens is 1. The quantitative estimate of drug-likeness (QED) is 0.695. The van der Waals surface area contributed by atoms with Gasteiger partial charge in [-0.3, -0.25) is 0 Å². The molecule has 0 amide bonds. The van der Waals surface area contributed by atoms with Gasteiger partial charge in [0.1, 0.15) is 12.0 Å². The highest BCUT2D eigenvalue weighted by molar-refractivity contribution is 6.35. The average Bonchev–Trinajstić information content (AvgIpc) is 2.71. The van der Waals surface area contributed by atoms with Gasteiger partial charge >= 0.3 is 0 Å². The summed E-state index contributed by atoms with van der Waals surface area (Å²) in [5.74, 6) is 1.54. The largest absolute Gasteiger partial charge is 0.468 e. The first-order valence-electron chi connectivity index (χ1n) is 5.89. The Morgan fingerprint density at radius 1 is 1.31 bits per heavy atom. The second kappa shape index (κ2) is 4.92. The van der Waals surface area contributed by atoms with Crippen molar-refractivity contribution in [3.05, 3.63) is 35.2 Å². The smallest absolute Gasteiger partial charge is 0.114 e. The van der Waals surface area contributed by atoms with E-state index in [0.717, 1.165) is 21.6 Å². The molecular weight excluding hydrogens is 220 g/mol. The lowest BCUT2D eigenvalue weighted by Crippen LogP contribution is -1.91. The molecule has 0 radical (unpaired) electrons. The summed E-state index contributed by atoms with van der Waals surface area (Å²) in [6.07, 6.45) is 5.41.